The zero-order chi connectivity index (χ0) is 23.0. The van der Waals surface area contributed by atoms with E-state index in [4.69, 9.17) is 9.31 Å². The summed E-state index contributed by atoms with van der Waals surface area (Å²) in [7, 11) is -0.460. The van der Waals surface area contributed by atoms with Crippen LogP contribution in [0.4, 0.5) is 4.79 Å². The molecule has 4 rings (SSSR count). The van der Waals surface area contributed by atoms with Crippen molar-refractivity contribution < 1.29 is 24.3 Å². The summed E-state index contributed by atoms with van der Waals surface area (Å²) in [5, 5.41) is 21.3. The quantitative estimate of drug-likeness (QED) is 0.710. The zero-order valence-corrected chi connectivity index (χ0v) is 19.9. The summed E-state index contributed by atoms with van der Waals surface area (Å²) in [5.41, 5.74) is -1.13. The van der Waals surface area contributed by atoms with Crippen LogP contribution < -0.4 is 5.46 Å². The van der Waals surface area contributed by atoms with Gasteiger partial charge in [-0.15, -0.1) is 0 Å². The van der Waals surface area contributed by atoms with Crippen molar-refractivity contribution in [1.29, 1.82) is 0 Å². The molecular weight excluding hydrogens is 393 g/mol. The van der Waals surface area contributed by atoms with Gasteiger partial charge in [0, 0.05) is 18.4 Å². The molecule has 0 spiro atoms. The molecule has 1 amide bonds. The Morgan fingerprint density at radius 3 is 1.90 bits per heavy atom. The molecule has 0 radical (unpaired) electrons. The molecule has 2 N–H and O–H groups in total. The van der Waals surface area contributed by atoms with Crippen LogP contribution in [0.25, 0.3) is 0 Å². The number of rotatable bonds is 4. The lowest BCUT2D eigenvalue weighted by Gasteiger charge is -2.61. The van der Waals surface area contributed by atoms with E-state index in [1.165, 1.54) is 0 Å². The number of hydrogen-bond acceptors (Lipinski definition) is 4. The van der Waals surface area contributed by atoms with Gasteiger partial charge in [-0.05, 0) is 78.3 Å². The fraction of sp³-hybridized carbons (Fsp3) is 0.708. The Bertz CT molecular complexity index is 847. The molecule has 1 aromatic rings. The Morgan fingerprint density at radius 1 is 1.03 bits per heavy atom. The number of amides is 1. The SMILES string of the molecule is CC(C)(C)N(C(=O)O)[C@]1(c2ccc(B3OC(C)(C)C(C)(C)O3)cc2)C[C@@](O)(C2CC2)C1. The van der Waals surface area contributed by atoms with Gasteiger partial charge in [0.2, 0.25) is 0 Å². The first-order valence-corrected chi connectivity index (χ1v) is 11.3. The second-order valence-corrected chi connectivity index (χ2v) is 11.8. The Labute approximate surface area is 186 Å². The topological polar surface area (TPSA) is 79.2 Å². The molecule has 2 aliphatic carbocycles. The molecule has 2 saturated carbocycles. The molecule has 1 saturated heterocycles. The predicted molar refractivity (Wildman–Crippen MR) is 120 cm³/mol. The molecule has 0 bridgehead atoms. The number of aliphatic hydroxyl groups is 1. The summed E-state index contributed by atoms with van der Waals surface area (Å²) < 4.78 is 12.3. The van der Waals surface area contributed by atoms with Crippen LogP contribution in [0.2, 0.25) is 0 Å². The summed E-state index contributed by atoms with van der Waals surface area (Å²) >= 11 is 0. The minimum absolute atomic E-state index is 0.292. The second kappa shape index (κ2) is 6.72. The van der Waals surface area contributed by atoms with Crippen molar-refractivity contribution in [2.24, 2.45) is 5.92 Å². The Kier molecular flexibility index (Phi) is 4.90. The molecule has 6 nitrogen and oxygen atoms in total. The monoisotopic (exact) mass is 429 g/mol. The lowest BCUT2D eigenvalue weighted by Crippen LogP contribution is -2.69. The lowest BCUT2D eigenvalue weighted by molar-refractivity contribution is -0.173. The van der Waals surface area contributed by atoms with Crippen molar-refractivity contribution in [3.63, 3.8) is 0 Å². The summed E-state index contributed by atoms with van der Waals surface area (Å²) in [6, 6.07) is 7.90. The minimum Gasteiger partial charge on any atom is -0.465 e. The van der Waals surface area contributed by atoms with E-state index in [2.05, 4.69) is 0 Å². The maximum absolute atomic E-state index is 12.4. The van der Waals surface area contributed by atoms with Crippen LogP contribution in [0.3, 0.4) is 0 Å². The third kappa shape index (κ3) is 3.59. The Balaban J connectivity index is 1.66. The van der Waals surface area contributed by atoms with Crippen molar-refractivity contribution in [2.75, 3.05) is 0 Å². The number of carboxylic acid groups (broad SMARTS) is 1. The van der Waals surface area contributed by atoms with Crippen LogP contribution in [0.1, 0.15) is 79.7 Å². The first-order valence-electron chi connectivity index (χ1n) is 11.3. The normalized spacial score (nSPS) is 31.9. The van der Waals surface area contributed by atoms with E-state index in [0.717, 1.165) is 23.9 Å². The molecule has 0 unspecified atom stereocenters. The van der Waals surface area contributed by atoms with E-state index in [-0.39, 0.29) is 0 Å². The summed E-state index contributed by atoms with van der Waals surface area (Å²) in [6.07, 6.45) is 1.96. The lowest BCUT2D eigenvalue weighted by atomic mass is 9.58. The van der Waals surface area contributed by atoms with Gasteiger partial charge in [0.1, 0.15) is 0 Å². The first-order chi connectivity index (χ1) is 14.1. The molecule has 1 heterocycles. The summed E-state index contributed by atoms with van der Waals surface area (Å²) in [5.74, 6) is 0.292. The van der Waals surface area contributed by atoms with Crippen LogP contribution in [-0.2, 0) is 14.8 Å². The molecule has 1 aromatic carbocycles. The molecule has 0 aromatic heterocycles. The van der Waals surface area contributed by atoms with Crippen molar-refractivity contribution in [1.82, 2.24) is 4.90 Å². The van der Waals surface area contributed by atoms with Crippen LogP contribution >= 0.6 is 0 Å². The molecular formula is C24H36BNO5. The van der Waals surface area contributed by atoms with Crippen molar-refractivity contribution >= 4 is 18.7 Å². The molecule has 170 valence electrons. The van der Waals surface area contributed by atoms with Gasteiger partial charge in [0.25, 0.3) is 0 Å². The highest BCUT2D eigenvalue weighted by atomic mass is 16.7. The number of hydrogen-bond donors (Lipinski definition) is 2. The third-order valence-corrected chi connectivity index (χ3v) is 7.80. The average Bonchev–Trinajstić information content (AvgIpc) is 3.39. The largest absolute Gasteiger partial charge is 0.494 e. The predicted octanol–water partition coefficient (Wildman–Crippen LogP) is 3.89. The molecule has 3 aliphatic rings. The van der Waals surface area contributed by atoms with E-state index < -0.39 is 41.1 Å². The number of carbonyl (C=O) groups is 1. The molecule has 7 heteroatoms. The van der Waals surface area contributed by atoms with Gasteiger partial charge in [0.05, 0.1) is 22.3 Å². The molecule has 0 atom stereocenters. The van der Waals surface area contributed by atoms with Crippen molar-refractivity contribution in [2.45, 2.75) is 102 Å². The van der Waals surface area contributed by atoms with E-state index in [1.54, 1.807) is 4.90 Å². The van der Waals surface area contributed by atoms with E-state index >= 15 is 0 Å². The maximum atomic E-state index is 12.4. The van der Waals surface area contributed by atoms with Crippen LogP contribution in [0, 0.1) is 5.92 Å². The highest BCUT2D eigenvalue weighted by molar-refractivity contribution is 6.62. The van der Waals surface area contributed by atoms with Gasteiger partial charge in [0.15, 0.2) is 0 Å². The van der Waals surface area contributed by atoms with Crippen LogP contribution in [-0.4, -0.2) is 50.7 Å². The van der Waals surface area contributed by atoms with E-state index in [0.29, 0.717) is 18.8 Å². The number of nitrogens with zero attached hydrogens (tertiary/aromatic N) is 1. The van der Waals surface area contributed by atoms with Gasteiger partial charge in [-0.1, -0.05) is 24.3 Å². The van der Waals surface area contributed by atoms with E-state index in [1.807, 2.05) is 72.7 Å². The van der Waals surface area contributed by atoms with Gasteiger partial charge < -0.3 is 19.5 Å². The summed E-state index contributed by atoms with van der Waals surface area (Å²) in [4.78, 5) is 13.9. The fourth-order valence-electron chi connectivity index (χ4n) is 5.40. The maximum Gasteiger partial charge on any atom is 0.494 e. The second-order valence-electron chi connectivity index (χ2n) is 11.8. The van der Waals surface area contributed by atoms with E-state index in [9.17, 15) is 15.0 Å². The highest BCUT2D eigenvalue weighted by Crippen LogP contribution is 2.61. The van der Waals surface area contributed by atoms with Gasteiger partial charge in [-0.25, -0.2) is 4.79 Å². The van der Waals surface area contributed by atoms with Crippen LogP contribution in [0.5, 0.6) is 0 Å². The average molecular weight is 429 g/mol. The zero-order valence-electron chi connectivity index (χ0n) is 19.9. The van der Waals surface area contributed by atoms with Gasteiger partial charge in [-0.2, -0.15) is 0 Å². The number of benzene rings is 1. The smallest absolute Gasteiger partial charge is 0.465 e. The third-order valence-electron chi connectivity index (χ3n) is 7.80. The summed E-state index contributed by atoms with van der Waals surface area (Å²) in [6.45, 7) is 13.8. The standard InChI is InChI=1S/C24H36BNO5/c1-20(2,3)26(19(27)28)23(14-24(29,15-23)17-8-9-17)16-10-12-18(13-11-16)25-30-21(4,5)22(6,7)31-25/h10-13,17,29H,8-9,14-15H2,1-7H3,(H,27,28)/t23-,24+. The van der Waals surface area contributed by atoms with Gasteiger partial charge >= 0.3 is 13.2 Å². The molecule has 3 fully saturated rings. The van der Waals surface area contributed by atoms with Gasteiger partial charge in [-0.3, -0.25) is 4.90 Å². The Morgan fingerprint density at radius 2 is 1.52 bits per heavy atom. The van der Waals surface area contributed by atoms with Crippen molar-refractivity contribution in [3.05, 3.63) is 29.8 Å². The molecule has 31 heavy (non-hydrogen) atoms. The van der Waals surface area contributed by atoms with Crippen molar-refractivity contribution in [3.8, 4) is 0 Å². The minimum atomic E-state index is -0.958. The van der Waals surface area contributed by atoms with Crippen LogP contribution in [0.15, 0.2) is 24.3 Å². The fourth-order valence-corrected chi connectivity index (χ4v) is 5.40. The highest BCUT2D eigenvalue weighted by Gasteiger charge is 2.65. The first kappa shape index (κ1) is 22.6. The molecule has 1 aliphatic heterocycles. The Hall–Kier alpha value is -1.57.